The van der Waals surface area contributed by atoms with Crippen molar-refractivity contribution in [2.45, 2.75) is 33.1 Å². The van der Waals surface area contributed by atoms with Crippen LogP contribution in [0.3, 0.4) is 0 Å². The molecule has 0 N–H and O–H groups in total. The van der Waals surface area contributed by atoms with Gasteiger partial charge in [0.15, 0.2) is 5.78 Å². The fraction of sp³-hybridized carbons (Fsp3) is 0.316. The molecule has 0 aromatic heterocycles. The Morgan fingerprint density at radius 1 is 0.905 bits per heavy atom. The lowest BCUT2D eigenvalue weighted by atomic mass is 10.0. The zero-order valence-corrected chi connectivity index (χ0v) is 12.8. The van der Waals surface area contributed by atoms with Crippen LogP contribution < -0.4 is 4.74 Å². The smallest absolute Gasteiger partial charge is 0.193 e. The van der Waals surface area contributed by atoms with E-state index in [2.05, 4.69) is 13.8 Å². The maximum Gasteiger partial charge on any atom is 0.193 e. The first kappa shape index (κ1) is 15.3. The van der Waals surface area contributed by atoms with E-state index in [4.69, 9.17) is 4.74 Å². The molecule has 110 valence electrons. The summed E-state index contributed by atoms with van der Waals surface area (Å²) in [5.41, 5.74) is 2.67. The molecule has 0 saturated heterocycles. The molecule has 0 aliphatic rings. The van der Waals surface area contributed by atoms with E-state index in [0.29, 0.717) is 5.56 Å². The van der Waals surface area contributed by atoms with Crippen molar-refractivity contribution in [2.24, 2.45) is 0 Å². The number of ether oxygens (including phenoxy) is 1. The van der Waals surface area contributed by atoms with Crippen LogP contribution >= 0.6 is 0 Å². The third kappa shape index (κ3) is 4.19. The predicted molar refractivity (Wildman–Crippen MR) is 86.1 cm³/mol. The molecule has 0 aliphatic heterocycles. The van der Waals surface area contributed by atoms with Crippen LogP contribution in [0.15, 0.2) is 48.5 Å². The summed E-state index contributed by atoms with van der Waals surface area (Å²) in [6.45, 7) is 4.96. The van der Waals surface area contributed by atoms with Gasteiger partial charge < -0.3 is 4.74 Å². The van der Waals surface area contributed by atoms with Gasteiger partial charge in [-0.15, -0.1) is 0 Å². The Morgan fingerprint density at radius 2 is 1.48 bits per heavy atom. The van der Waals surface area contributed by atoms with Crippen molar-refractivity contribution in [2.75, 3.05) is 6.61 Å². The number of hydrogen-bond acceptors (Lipinski definition) is 2. The molecule has 0 radical (unpaired) electrons. The van der Waals surface area contributed by atoms with Gasteiger partial charge in [0.25, 0.3) is 0 Å². The van der Waals surface area contributed by atoms with Gasteiger partial charge in [-0.3, -0.25) is 4.79 Å². The summed E-state index contributed by atoms with van der Waals surface area (Å²) in [6, 6.07) is 15.2. The second-order valence-electron chi connectivity index (χ2n) is 5.11. The lowest BCUT2D eigenvalue weighted by Crippen LogP contribution is -2.02. The molecule has 0 aliphatic carbocycles. The van der Waals surface area contributed by atoms with E-state index >= 15 is 0 Å². The van der Waals surface area contributed by atoms with E-state index in [0.717, 1.165) is 37.2 Å². The van der Waals surface area contributed by atoms with Gasteiger partial charge in [0.1, 0.15) is 5.75 Å². The number of ketones is 1. The molecule has 2 aromatic rings. The fourth-order valence-electron chi connectivity index (χ4n) is 2.10. The van der Waals surface area contributed by atoms with Crippen molar-refractivity contribution in [3.63, 3.8) is 0 Å². The average Bonchev–Trinajstić information content (AvgIpc) is 2.55. The van der Waals surface area contributed by atoms with Crippen LogP contribution in [-0.2, 0) is 6.42 Å². The molecule has 0 heterocycles. The first-order valence-corrected chi connectivity index (χ1v) is 7.61. The largest absolute Gasteiger partial charge is 0.494 e. The van der Waals surface area contributed by atoms with E-state index in [9.17, 15) is 4.79 Å². The van der Waals surface area contributed by atoms with Crippen LogP contribution in [0.2, 0.25) is 0 Å². The van der Waals surface area contributed by atoms with Crippen molar-refractivity contribution < 1.29 is 9.53 Å². The van der Waals surface area contributed by atoms with Crippen LogP contribution in [0, 0.1) is 0 Å². The van der Waals surface area contributed by atoms with Gasteiger partial charge >= 0.3 is 0 Å². The molecule has 2 heteroatoms. The van der Waals surface area contributed by atoms with Gasteiger partial charge in [-0.2, -0.15) is 0 Å². The molecular weight excluding hydrogens is 260 g/mol. The summed E-state index contributed by atoms with van der Waals surface area (Å²) in [7, 11) is 0. The molecule has 0 amide bonds. The molecule has 0 saturated carbocycles. The quantitative estimate of drug-likeness (QED) is 0.545. The highest BCUT2D eigenvalue weighted by atomic mass is 16.5. The van der Waals surface area contributed by atoms with Crippen molar-refractivity contribution in [1.82, 2.24) is 0 Å². The summed E-state index contributed by atoms with van der Waals surface area (Å²) in [5.74, 6) is 0.874. The van der Waals surface area contributed by atoms with Gasteiger partial charge in [0, 0.05) is 11.1 Å². The van der Waals surface area contributed by atoms with Crippen LogP contribution in [-0.4, -0.2) is 12.4 Å². The van der Waals surface area contributed by atoms with E-state index in [-0.39, 0.29) is 5.78 Å². The SMILES string of the molecule is CCCCOc1ccc(C(=O)c2ccc(CC)cc2)cc1. The summed E-state index contributed by atoms with van der Waals surface area (Å²) < 4.78 is 5.61. The fourth-order valence-corrected chi connectivity index (χ4v) is 2.10. The Bertz CT molecular complexity index is 568. The van der Waals surface area contributed by atoms with Crippen molar-refractivity contribution in [3.8, 4) is 5.75 Å². The zero-order chi connectivity index (χ0) is 15.1. The van der Waals surface area contributed by atoms with Crippen LogP contribution in [0.1, 0.15) is 48.2 Å². The number of rotatable bonds is 7. The third-order valence-electron chi connectivity index (χ3n) is 3.51. The lowest BCUT2D eigenvalue weighted by Gasteiger charge is -2.06. The number of carbonyl (C=O) groups excluding carboxylic acids is 1. The second kappa shape index (κ2) is 7.63. The first-order valence-electron chi connectivity index (χ1n) is 7.61. The Morgan fingerprint density at radius 3 is 2.00 bits per heavy atom. The first-order chi connectivity index (χ1) is 10.2. The zero-order valence-electron chi connectivity index (χ0n) is 12.8. The molecule has 21 heavy (non-hydrogen) atoms. The minimum absolute atomic E-state index is 0.0535. The van der Waals surface area contributed by atoms with Gasteiger partial charge in [0.2, 0.25) is 0 Å². The molecule has 0 unspecified atom stereocenters. The third-order valence-corrected chi connectivity index (χ3v) is 3.51. The molecule has 2 aromatic carbocycles. The van der Waals surface area contributed by atoms with Gasteiger partial charge in [-0.25, -0.2) is 0 Å². The Labute approximate surface area is 126 Å². The Kier molecular flexibility index (Phi) is 5.56. The molecule has 0 atom stereocenters. The van der Waals surface area contributed by atoms with Crippen molar-refractivity contribution in [1.29, 1.82) is 0 Å². The highest BCUT2D eigenvalue weighted by molar-refractivity contribution is 6.09. The number of unbranched alkanes of at least 4 members (excludes halogenated alkanes) is 1. The van der Waals surface area contributed by atoms with E-state index in [1.165, 1.54) is 5.56 Å². The van der Waals surface area contributed by atoms with Gasteiger partial charge in [-0.1, -0.05) is 44.5 Å². The topological polar surface area (TPSA) is 26.3 Å². The molecule has 0 spiro atoms. The minimum atomic E-state index is 0.0535. The van der Waals surface area contributed by atoms with E-state index in [1.807, 2.05) is 48.5 Å². The predicted octanol–water partition coefficient (Wildman–Crippen LogP) is 4.66. The summed E-state index contributed by atoms with van der Waals surface area (Å²) in [4.78, 5) is 12.4. The standard InChI is InChI=1S/C19H22O2/c1-3-5-14-21-18-12-10-17(11-13-18)19(20)16-8-6-15(4-2)7-9-16/h6-13H,3-5,14H2,1-2H3. The maximum absolute atomic E-state index is 12.4. The van der Waals surface area contributed by atoms with Crippen LogP contribution in [0.25, 0.3) is 0 Å². The molecule has 0 fully saturated rings. The number of benzene rings is 2. The number of hydrogen-bond donors (Lipinski definition) is 0. The number of aryl methyl sites for hydroxylation is 1. The molecule has 2 nitrogen and oxygen atoms in total. The number of carbonyl (C=O) groups is 1. The molecular formula is C19H22O2. The molecule has 0 bridgehead atoms. The normalized spacial score (nSPS) is 10.4. The van der Waals surface area contributed by atoms with Crippen LogP contribution in [0.4, 0.5) is 0 Å². The maximum atomic E-state index is 12.4. The average molecular weight is 282 g/mol. The van der Waals surface area contributed by atoms with Crippen LogP contribution in [0.5, 0.6) is 5.75 Å². The Hall–Kier alpha value is -2.09. The highest BCUT2D eigenvalue weighted by Crippen LogP contribution is 2.16. The minimum Gasteiger partial charge on any atom is -0.494 e. The van der Waals surface area contributed by atoms with Gasteiger partial charge in [0.05, 0.1) is 6.61 Å². The lowest BCUT2D eigenvalue weighted by molar-refractivity contribution is 0.103. The van der Waals surface area contributed by atoms with E-state index < -0.39 is 0 Å². The van der Waals surface area contributed by atoms with Gasteiger partial charge in [-0.05, 0) is 42.7 Å². The Balaban J connectivity index is 2.04. The highest BCUT2D eigenvalue weighted by Gasteiger charge is 2.08. The summed E-state index contributed by atoms with van der Waals surface area (Å²) in [6.07, 6.45) is 3.15. The second-order valence-corrected chi connectivity index (χ2v) is 5.11. The molecule has 2 rings (SSSR count). The summed E-state index contributed by atoms with van der Waals surface area (Å²) >= 11 is 0. The van der Waals surface area contributed by atoms with Crippen molar-refractivity contribution in [3.05, 3.63) is 65.2 Å². The monoisotopic (exact) mass is 282 g/mol. The summed E-state index contributed by atoms with van der Waals surface area (Å²) in [5, 5.41) is 0. The van der Waals surface area contributed by atoms with Crippen molar-refractivity contribution >= 4 is 5.78 Å². The van der Waals surface area contributed by atoms with E-state index in [1.54, 1.807) is 0 Å².